The Kier molecular flexibility index (Phi) is 5.80. The maximum atomic E-state index is 12.9. The molecule has 0 heterocycles. The monoisotopic (exact) mass is 370 g/mol. The highest BCUT2D eigenvalue weighted by Crippen LogP contribution is 2.22. The summed E-state index contributed by atoms with van der Waals surface area (Å²) in [5.74, 6) is -0.917. The number of carbonyl (C=O) groups is 1. The molecule has 2 N–H and O–H groups in total. The number of halogens is 2. The number of hydrogen-bond acceptors (Lipinski definition) is 3. The van der Waals surface area contributed by atoms with E-state index in [0.717, 1.165) is 18.6 Å². The van der Waals surface area contributed by atoms with Crippen LogP contribution in [0.2, 0.25) is 5.02 Å². The van der Waals surface area contributed by atoms with Crippen molar-refractivity contribution in [2.75, 3.05) is 11.3 Å². The summed E-state index contributed by atoms with van der Waals surface area (Å²) in [6.07, 6.45) is 0.744. The van der Waals surface area contributed by atoms with Crippen LogP contribution in [0, 0.1) is 5.82 Å². The van der Waals surface area contributed by atoms with Gasteiger partial charge < -0.3 is 5.32 Å². The largest absolute Gasteiger partial charge is 0.352 e. The molecule has 2 aromatic rings. The summed E-state index contributed by atoms with van der Waals surface area (Å²) in [5.41, 5.74) is 0.287. The molecule has 0 aliphatic carbocycles. The number of anilines is 1. The predicted molar refractivity (Wildman–Crippen MR) is 91.3 cm³/mol. The molecule has 5 nitrogen and oxygen atoms in total. The van der Waals surface area contributed by atoms with Gasteiger partial charge in [-0.1, -0.05) is 18.5 Å². The lowest BCUT2D eigenvalue weighted by atomic mass is 10.2. The van der Waals surface area contributed by atoms with Gasteiger partial charge >= 0.3 is 0 Å². The maximum absolute atomic E-state index is 12.9. The molecule has 0 bridgehead atoms. The molecule has 0 saturated carbocycles. The van der Waals surface area contributed by atoms with E-state index in [2.05, 4.69) is 10.0 Å². The van der Waals surface area contributed by atoms with Crippen LogP contribution in [-0.2, 0) is 10.0 Å². The minimum absolute atomic E-state index is 0.0760. The Morgan fingerprint density at radius 3 is 2.46 bits per heavy atom. The molecular weight excluding hydrogens is 355 g/mol. The molecule has 2 rings (SSSR count). The van der Waals surface area contributed by atoms with Crippen molar-refractivity contribution in [1.29, 1.82) is 0 Å². The number of rotatable bonds is 6. The Bertz CT molecular complexity index is 839. The second kappa shape index (κ2) is 7.63. The molecule has 0 aliphatic rings. The molecule has 0 aromatic heterocycles. The minimum Gasteiger partial charge on any atom is -0.352 e. The average molecular weight is 371 g/mol. The molecule has 0 spiro atoms. The zero-order valence-electron chi connectivity index (χ0n) is 12.8. The summed E-state index contributed by atoms with van der Waals surface area (Å²) in [6.45, 7) is 2.36. The molecule has 0 fully saturated rings. The first-order valence-corrected chi connectivity index (χ1v) is 9.05. The fraction of sp³-hybridized carbons (Fsp3) is 0.188. The number of hydrogen-bond donors (Lipinski definition) is 2. The molecular formula is C16H16ClFN2O3S. The number of carbonyl (C=O) groups excluding carboxylic acids is 1. The molecule has 1 amide bonds. The molecule has 8 heteroatoms. The first-order valence-electron chi connectivity index (χ1n) is 7.19. The van der Waals surface area contributed by atoms with Crippen molar-refractivity contribution in [3.8, 4) is 0 Å². The van der Waals surface area contributed by atoms with E-state index in [1.807, 2.05) is 6.92 Å². The van der Waals surface area contributed by atoms with Gasteiger partial charge in [-0.15, -0.1) is 0 Å². The van der Waals surface area contributed by atoms with Gasteiger partial charge in [0.1, 0.15) is 5.82 Å². The molecule has 0 aliphatic heterocycles. The molecule has 0 atom stereocenters. The van der Waals surface area contributed by atoms with Crippen LogP contribution in [0.25, 0.3) is 0 Å². The first-order chi connectivity index (χ1) is 11.3. The van der Waals surface area contributed by atoms with Gasteiger partial charge in [0.15, 0.2) is 0 Å². The molecule has 0 saturated heterocycles. The topological polar surface area (TPSA) is 75.3 Å². The Labute approximate surface area is 144 Å². The van der Waals surface area contributed by atoms with Gasteiger partial charge in [0.05, 0.1) is 15.5 Å². The van der Waals surface area contributed by atoms with Crippen LogP contribution in [0.1, 0.15) is 23.7 Å². The van der Waals surface area contributed by atoms with Crippen molar-refractivity contribution < 1.29 is 17.6 Å². The van der Waals surface area contributed by atoms with Crippen molar-refractivity contribution in [1.82, 2.24) is 5.32 Å². The maximum Gasteiger partial charge on any atom is 0.261 e. The van der Waals surface area contributed by atoms with Crippen molar-refractivity contribution in [3.05, 3.63) is 58.9 Å². The van der Waals surface area contributed by atoms with E-state index in [1.165, 1.54) is 30.3 Å². The molecule has 0 unspecified atom stereocenters. The van der Waals surface area contributed by atoms with Crippen molar-refractivity contribution in [2.45, 2.75) is 18.2 Å². The number of benzene rings is 2. The van der Waals surface area contributed by atoms with Crippen LogP contribution >= 0.6 is 11.6 Å². The summed E-state index contributed by atoms with van der Waals surface area (Å²) in [4.78, 5) is 11.9. The normalized spacial score (nSPS) is 11.1. The summed E-state index contributed by atoms with van der Waals surface area (Å²) < 4.78 is 40.0. The van der Waals surface area contributed by atoms with E-state index in [0.29, 0.717) is 6.54 Å². The standard InChI is InChI=1S/C16H16ClFN2O3S/c1-2-9-19-16(21)14-10-13(7-8-15(14)17)24(22,23)20-12-5-3-11(18)4-6-12/h3-8,10,20H,2,9H2,1H3,(H,19,21). The second-order valence-corrected chi connectivity index (χ2v) is 7.10. The van der Waals surface area contributed by atoms with E-state index < -0.39 is 21.7 Å². The fourth-order valence-corrected chi connectivity index (χ4v) is 3.20. The van der Waals surface area contributed by atoms with Crippen molar-refractivity contribution >= 4 is 33.2 Å². The highest BCUT2D eigenvalue weighted by Gasteiger charge is 2.18. The average Bonchev–Trinajstić information content (AvgIpc) is 2.54. The third-order valence-corrected chi connectivity index (χ3v) is 4.83. The van der Waals surface area contributed by atoms with Crippen LogP contribution in [0.4, 0.5) is 10.1 Å². The Morgan fingerprint density at radius 1 is 1.17 bits per heavy atom. The predicted octanol–water partition coefficient (Wildman–Crippen LogP) is 3.42. The minimum atomic E-state index is -3.93. The summed E-state index contributed by atoms with van der Waals surface area (Å²) >= 11 is 5.98. The van der Waals surface area contributed by atoms with E-state index >= 15 is 0 Å². The lowest BCUT2D eigenvalue weighted by Gasteiger charge is -2.11. The number of sulfonamides is 1. The van der Waals surface area contributed by atoms with Crippen LogP contribution in [-0.4, -0.2) is 20.9 Å². The van der Waals surface area contributed by atoms with E-state index in [1.54, 1.807) is 0 Å². The lowest BCUT2D eigenvalue weighted by molar-refractivity contribution is 0.0953. The fourth-order valence-electron chi connectivity index (χ4n) is 1.91. The highest BCUT2D eigenvalue weighted by atomic mass is 35.5. The summed E-state index contributed by atoms with van der Waals surface area (Å²) in [6, 6.07) is 8.74. The van der Waals surface area contributed by atoms with Crippen molar-refractivity contribution in [2.24, 2.45) is 0 Å². The van der Waals surface area contributed by atoms with Crippen LogP contribution in [0.5, 0.6) is 0 Å². The van der Waals surface area contributed by atoms with E-state index in [9.17, 15) is 17.6 Å². The van der Waals surface area contributed by atoms with Gasteiger partial charge in [-0.05, 0) is 48.9 Å². The van der Waals surface area contributed by atoms with E-state index in [-0.39, 0.29) is 21.2 Å². The zero-order valence-corrected chi connectivity index (χ0v) is 14.4. The Hall–Kier alpha value is -2.12. The van der Waals surface area contributed by atoms with Crippen molar-refractivity contribution in [3.63, 3.8) is 0 Å². The molecule has 0 radical (unpaired) electrons. The SMILES string of the molecule is CCCNC(=O)c1cc(S(=O)(=O)Nc2ccc(F)cc2)ccc1Cl. The smallest absolute Gasteiger partial charge is 0.261 e. The molecule has 24 heavy (non-hydrogen) atoms. The molecule has 128 valence electrons. The van der Waals surface area contributed by atoms with Crippen LogP contribution in [0.3, 0.4) is 0 Å². The van der Waals surface area contributed by atoms with Gasteiger partial charge in [-0.25, -0.2) is 12.8 Å². The highest BCUT2D eigenvalue weighted by molar-refractivity contribution is 7.92. The van der Waals surface area contributed by atoms with Crippen LogP contribution < -0.4 is 10.0 Å². The number of amides is 1. The third kappa shape index (κ3) is 4.46. The zero-order chi connectivity index (χ0) is 17.7. The lowest BCUT2D eigenvalue weighted by Crippen LogP contribution is -2.24. The van der Waals surface area contributed by atoms with Gasteiger partial charge in [0.25, 0.3) is 15.9 Å². The first kappa shape index (κ1) is 18.2. The Morgan fingerprint density at radius 2 is 1.83 bits per heavy atom. The van der Waals surface area contributed by atoms with Gasteiger partial charge in [-0.2, -0.15) is 0 Å². The van der Waals surface area contributed by atoms with E-state index in [4.69, 9.17) is 11.6 Å². The molecule has 2 aromatic carbocycles. The Balaban J connectivity index is 2.30. The van der Waals surface area contributed by atoms with Gasteiger partial charge in [0, 0.05) is 12.2 Å². The quantitative estimate of drug-likeness (QED) is 0.818. The van der Waals surface area contributed by atoms with Gasteiger partial charge in [-0.3, -0.25) is 9.52 Å². The van der Waals surface area contributed by atoms with Gasteiger partial charge in [0.2, 0.25) is 0 Å². The summed E-state index contributed by atoms with van der Waals surface area (Å²) in [7, 11) is -3.93. The second-order valence-electron chi connectivity index (χ2n) is 5.01. The number of nitrogens with one attached hydrogen (secondary N) is 2. The van der Waals surface area contributed by atoms with Crippen LogP contribution in [0.15, 0.2) is 47.4 Å². The third-order valence-electron chi connectivity index (χ3n) is 3.12. The summed E-state index contributed by atoms with van der Waals surface area (Å²) in [5, 5.41) is 2.80.